The number of halogens is 1. The quantitative estimate of drug-likeness (QED) is 0.690. The van der Waals surface area contributed by atoms with Gasteiger partial charge < -0.3 is 4.74 Å². The Kier molecular flexibility index (Phi) is 5.17. The van der Waals surface area contributed by atoms with Crippen LogP contribution in [0.5, 0.6) is 5.88 Å². The van der Waals surface area contributed by atoms with Crippen molar-refractivity contribution in [2.24, 2.45) is 0 Å². The zero-order valence-electron chi connectivity index (χ0n) is 14.2. The predicted molar refractivity (Wildman–Crippen MR) is 93.6 cm³/mol. The van der Waals surface area contributed by atoms with E-state index in [0.717, 1.165) is 0 Å². The Bertz CT molecular complexity index is 1080. The van der Waals surface area contributed by atoms with Gasteiger partial charge in [-0.1, -0.05) is 6.07 Å². The number of aromatic nitrogens is 3. The summed E-state index contributed by atoms with van der Waals surface area (Å²) in [5.74, 6) is -1.45. The molecule has 8 nitrogen and oxygen atoms in total. The van der Waals surface area contributed by atoms with Gasteiger partial charge in [-0.2, -0.15) is 5.10 Å². The Hall–Kier alpha value is -3.27. The minimum atomic E-state index is -4.21. The van der Waals surface area contributed by atoms with E-state index in [1.54, 1.807) is 13.0 Å². The summed E-state index contributed by atoms with van der Waals surface area (Å²) < 4.78 is 46.7. The molecule has 1 amide bonds. The van der Waals surface area contributed by atoms with E-state index in [2.05, 4.69) is 10.1 Å². The molecular weight excluding hydrogens is 375 g/mol. The smallest absolute Gasteiger partial charge is 0.269 e. The Labute approximate surface area is 154 Å². The molecule has 0 radical (unpaired) electrons. The lowest BCUT2D eigenvalue weighted by Crippen LogP contribution is -2.30. The average molecular weight is 390 g/mol. The molecule has 1 N–H and O–H groups in total. The molecule has 3 aromatic rings. The second-order valence-electron chi connectivity index (χ2n) is 5.33. The standard InChI is InChI=1S/C17H15FN4O4S/c1-2-26-17-15(7-4-8-19-17)27(24,25)21-16(23)12-10-20-22(11-12)14-6-3-5-13(18)9-14/h3-11H,2H2,1H3,(H,21,23). The lowest BCUT2D eigenvalue weighted by molar-refractivity contribution is 0.0981. The number of carbonyl (C=O) groups is 1. The molecule has 140 valence electrons. The molecule has 0 saturated heterocycles. The van der Waals surface area contributed by atoms with Gasteiger partial charge in [-0.3, -0.25) is 4.79 Å². The summed E-state index contributed by atoms with van der Waals surface area (Å²) in [6.45, 7) is 1.90. The largest absolute Gasteiger partial charge is 0.477 e. The maximum Gasteiger partial charge on any atom is 0.269 e. The van der Waals surface area contributed by atoms with Crippen molar-refractivity contribution >= 4 is 15.9 Å². The van der Waals surface area contributed by atoms with Crippen LogP contribution >= 0.6 is 0 Å². The minimum absolute atomic E-state index is 0.00955. The van der Waals surface area contributed by atoms with Crippen molar-refractivity contribution in [1.82, 2.24) is 19.5 Å². The van der Waals surface area contributed by atoms with Gasteiger partial charge in [0.2, 0.25) is 5.88 Å². The van der Waals surface area contributed by atoms with E-state index in [4.69, 9.17) is 4.74 Å². The van der Waals surface area contributed by atoms with E-state index in [-0.39, 0.29) is 22.9 Å². The van der Waals surface area contributed by atoms with E-state index >= 15 is 0 Å². The topological polar surface area (TPSA) is 103 Å². The van der Waals surface area contributed by atoms with Crippen molar-refractivity contribution in [3.05, 3.63) is 66.4 Å². The van der Waals surface area contributed by atoms with Crippen molar-refractivity contribution in [3.8, 4) is 11.6 Å². The number of nitrogens with zero attached hydrogens (tertiary/aromatic N) is 3. The number of hydrogen-bond donors (Lipinski definition) is 1. The number of pyridine rings is 1. The highest BCUT2D eigenvalue weighted by molar-refractivity contribution is 7.90. The van der Waals surface area contributed by atoms with Crippen LogP contribution in [0.4, 0.5) is 4.39 Å². The number of sulfonamides is 1. The molecule has 10 heteroatoms. The fourth-order valence-corrected chi connectivity index (χ4v) is 3.33. The highest BCUT2D eigenvalue weighted by Crippen LogP contribution is 2.20. The first kappa shape index (κ1) is 18.5. The number of carbonyl (C=O) groups excluding carboxylic acids is 1. The van der Waals surface area contributed by atoms with E-state index in [0.29, 0.717) is 5.69 Å². The third-order valence-corrected chi connectivity index (χ3v) is 4.80. The summed E-state index contributed by atoms with van der Waals surface area (Å²) in [7, 11) is -4.21. The Morgan fingerprint density at radius 2 is 2.11 bits per heavy atom. The number of benzene rings is 1. The summed E-state index contributed by atoms with van der Waals surface area (Å²) in [6, 6.07) is 8.30. The van der Waals surface area contributed by atoms with Crippen molar-refractivity contribution in [2.75, 3.05) is 6.61 Å². The van der Waals surface area contributed by atoms with Gasteiger partial charge >= 0.3 is 0 Å². The van der Waals surface area contributed by atoms with Crippen LogP contribution < -0.4 is 9.46 Å². The molecule has 0 fully saturated rings. The first-order valence-corrected chi connectivity index (χ1v) is 9.34. The Morgan fingerprint density at radius 1 is 1.30 bits per heavy atom. The highest BCUT2D eigenvalue weighted by atomic mass is 32.2. The van der Waals surface area contributed by atoms with Crippen LogP contribution in [0.2, 0.25) is 0 Å². The number of ether oxygens (including phenoxy) is 1. The maximum absolute atomic E-state index is 13.3. The van der Waals surface area contributed by atoms with Crippen LogP contribution in [0.15, 0.2) is 59.9 Å². The third-order valence-electron chi connectivity index (χ3n) is 3.45. The summed E-state index contributed by atoms with van der Waals surface area (Å²) in [5, 5.41) is 3.96. The van der Waals surface area contributed by atoms with E-state index in [1.165, 1.54) is 53.6 Å². The second kappa shape index (κ2) is 7.54. The molecule has 2 aromatic heterocycles. The molecular formula is C17H15FN4O4S. The first-order valence-electron chi connectivity index (χ1n) is 7.86. The number of rotatable bonds is 6. The van der Waals surface area contributed by atoms with Gasteiger partial charge in [0.15, 0.2) is 0 Å². The Morgan fingerprint density at radius 3 is 2.85 bits per heavy atom. The fraction of sp³-hybridized carbons (Fsp3) is 0.118. The van der Waals surface area contributed by atoms with Gasteiger partial charge in [-0.25, -0.2) is 27.2 Å². The molecule has 0 atom stereocenters. The third kappa shape index (κ3) is 4.11. The molecule has 0 aliphatic rings. The first-order chi connectivity index (χ1) is 12.9. The van der Waals surface area contributed by atoms with Crippen molar-refractivity contribution in [3.63, 3.8) is 0 Å². The van der Waals surface area contributed by atoms with Gasteiger partial charge in [0.05, 0.1) is 24.1 Å². The predicted octanol–water partition coefficient (Wildman–Crippen LogP) is 1.92. The molecule has 0 bridgehead atoms. The van der Waals surface area contributed by atoms with Gasteiger partial charge in [0.25, 0.3) is 15.9 Å². The van der Waals surface area contributed by atoms with Crippen molar-refractivity contribution in [1.29, 1.82) is 0 Å². The average Bonchev–Trinajstić information content (AvgIpc) is 3.12. The number of nitrogens with one attached hydrogen (secondary N) is 1. The van der Waals surface area contributed by atoms with Gasteiger partial charge in [-0.05, 0) is 37.3 Å². The lowest BCUT2D eigenvalue weighted by atomic mass is 10.3. The molecule has 0 aliphatic carbocycles. The van der Waals surface area contributed by atoms with E-state index < -0.39 is 21.7 Å². The fourth-order valence-electron chi connectivity index (χ4n) is 2.26. The lowest BCUT2D eigenvalue weighted by Gasteiger charge is -2.10. The summed E-state index contributed by atoms with van der Waals surface area (Å²) in [5.41, 5.74) is 0.382. The monoisotopic (exact) mass is 390 g/mol. The summed E-state index contributed by atoms with van der Waals surface area (Å²) >= 11 is 0. The minimum Gasteiger partial charge on any atom is -0.477 e. The Balaban J connectivity index is 1.83. The molecule has 0 saturated carbocycles. The van der Waals surface area contributed by atoms with Gasteiger partial charge in [-0.15, -0.1) is 0 Å². The summed E-state index contributed by atoms with van der Waals surface area (Å²) in [4.78, 5) is 15.9. The van der Waals surface area contributed by atoms with Crippen molar-refractivity contribution < 1.29 is 22.3 Å². The number of amides is 1. The highest BCUT2D eigenvalue weighted by Gasteiger charge is 2.24. The molecule has 1 aromatic carbocycles. The van der Waals surface area contributed by atoms with Crippen LogP contribution in [-0.4, -0.2) is 35.7 Å². The van der Waals surface area contributed by atoms with Crippen LogP contribution in [0.1, 0.15) is 17.3 Å². The second-order valence-corrected chi connectivity index (χ2v) is 6.98. The van der Waals surface area contributed by atoms with Crippen LogP contribution in [0.25, 0.3) is 5.69 Å². The molecule has 27 heavy (non-hydrogen) atoms. The maximum atomic E-state index is 13.3. The molecule has 0 unspecified atom stereocenters. The van der Waals surface area contributed by atoms with Crippen LogP contribution in [0.3, 0.4) is 0 Å². The van der Waals surface area contributed by atoms with Crippen LogP contribution in [-0.2, 0) is 10.0 Å². The zero-order chi connectivity index (χ0) is 19.4. The SMILES string of the molecule is CCOc1ncccc1S(=O)(=O)NC(=O)c1cnn(-c2cccc(F)c2)c1. The molecule has 2 heterocycles. The molecule has 0 spiro atoms. The zero-order valence-corrected chi connectivity index (χ0v) is 15.0. The van der Waals surface area contributed by atoms with Gasteiger partial charge in [0.1, 0.15) is 10.7 Å². The van der Waals surface area contributed by atoms with E-state index in [9.17, 15) is 17.6 Å². The van der Waals surface area contributed by atoms with Crippen molar-refractivity contribution in [2.45, 2.75) is 11.8 Å². The normalized spacial score (nSPS) is 11.2. The summed E-state index contributed by atoms with van der Waals surface area (Å²) in [6.07, 6.45) is 3.86. The number of hydrogen-bond acceptors (Lipinski definition) is 6. The molecule has 0 aliphatic heterocycles. The van der Waals surface area contributed by atoms with Crippen LogP contribution in [0, 0.1) is 5.82 Å². The molecule has 3 rings (SSSR count). The van der Waals surface area contributed by atoms with Gasteiger partial charge in [0, 0.05) is 12.4 Å². The van der Waals surface area contributed by atoms with E-state index in [1.807, 2.05) is 4.72 Å².